The van der Waals surface area contributed by atoms with Gasteiger partial charge in [-0.1, -0.05) is 121 Å². The summed E-state index contributed by atoms with van der Waals surface area (Å²) in [6, 6.07) is 54.3. The molecule has 0 radical (unpaired) electrons. The maximum absolute atomic E-state index is 6.80. The number of aromatic nitrogens is 4. The zero-order valence-corrected chi connectivity index (χ0v) is 28.4. The van der Waals surface area contributed by atoms with Gasteiger partial charge in [-0.05, 0) is 36.4 Å². The highest BCUT2D eigenvalue weighted by Crippen LogP contribution is 2.43. The van der Waals surface area contributed by atoms with Crippen LogP contribution >= 0.6 is 11.3 Å². The van der Waals surface area contributed by atoms with Crippen LogP contribution in [0.1, 0.15) is 0 Å². The maximum Gasteiger partial charge on any atom is 0.167 e. The third-order valence-electron chi connectivity index (χ3n) is 9.92. The maximum atomic E-state index is 6.80. The van der Waals surface area contributed by atoms with Gasteiger partial charge in [-0.15, -0.1) is 11.3 Å². The molecule has 4 heterocycles. The summed E-state index contributed by atoms with van der Waals surface area (Å²) in [6.45, 7) is 0. The third kappa shape index (κ3) is 4.48. The Bertz CT molecular complexity index is 3190. The van der Waals surface area contributed by atoms with Crippen molar-refractivity contribution in [3.05, 3.63) is 158 Å². The van der Waals surface area contributed by atoms with Crippen molar-refractivity contribution in [1.29, 1.82) is 0 Å². The molecular weight excluding hydrogens is 657 g/mol. The second-order valence-corrected chi connectivity index (χ2v) is 14.1. The fraction of sp³-hybridized carbons (Fsp3) is 0. The highest BCUT2D eigenvalue weighted by atomic mass is 32.1. The topological polar surface area (TPSA) is 64.7 Å². The van der Waals surface area contributed by atoms with E-state index in [1.807, 2.05) is 48.5 Å². The number of benzene rings is 7. The molecule has 0 saturated heterocycles. The van der Waals surface area contributed by atoms with E-state index in [1.54, 1.807) is 11.3 Å². The quantitative estimate of drug-likeness (QED) is 0.173. The van der Waals surface area contributed by atoms with Gasteiger partial charge in [0.2, 0.25) is 0 Å². The van der Waals surface area contributed by atoms with Crippen molar-refractivity contribution in [3.63, 3.8) is 0 Å². The average molecular weight is 683 g/mol. The Balaban J connectivity index is 1.17. The van der Waals surface area contributed by atoms with Crippen molar-refractivity contribution >= 4 is 75.1 Å². The van der Waals surface area contributed by atoms with Gasteiger partial charge in [0, 0.05) is 63.8 Å². The summed E-state index contributed by atoms with van der Waals surface area (Å²) in [6.07, 6.45) is 0. The summed E-state index contributed by atoms with van der Waals surface area (Å²) < 4.78 is 9.27. The Morgan fingerprint density at radius 3 is 1.90 bits per heavy atom. The first-order valence-corrected chi connectivity index (χ1v) is 18.0. The summed E-state index contributed by atoms with van der Waals surface area (Å²) in [5.74, 6) is 1.79. The van der Waals surface area contributed by atoms with E-state index in [-0.39, 0.29) is 0 Å². The molecule has 0 aliphatic rings. The van der Waals surface area contributed by atoms with Gasteiger partial charge in [-0.25, -0.2) is 19.9 Å². The highest BCUT2D eigenvalue weighted by molar-refractivity contribution is 7.25. The second kappa shape index (κ2) is 11.4. The van der Waals surface area contributed by atoms with Gasteiger partial charge in [-0.2, -0.15) is 0 Å². The zero-order valence-electron chi connectivity index (χ0n) is 27.6. The van der Waals surface area contributed by atoms with Crippen molar-refractivity contribution in [3.8, 4) is 45.4 Å². The van der Waals surface area contributed by atoms with Crippen LogP contribution in [0.25, 0.3) is 109 Å². The van der Waals surface area contributed by atoms with Crippen molar-refractivity contribution in [2.75, 3.05) is 0 Å². The molecule has 0 aliphatic heterocycles. The number of thiophene rings is 1. The van der Waals surface area contributed by atoms with E-state index in [0.29, 0.717) is 17.5 Å². The molecule has 6 heteroatoms. The molecule has 0 unspecified atom stereocenters. The molecule has 0 aliphatic carbocycles. The molecule has 0 N–H and O–H groups in total. The molecule has 0 fully saturated rings. The molecule has 0 bridgehead atoms. The van der Waals surface area contributed by atoms with Crippen molar-refractivity contribution < 1.29 is 4.42 Å². The summed E-state index contributed by atoms with van der Waals surface area (Å²) in [4.78, 5) is 20.5. The second-order valence-electron chi connectivity index (χ2n) is 13.0. The standard InChI is InChI=1S/C46H26N4OS/c1-3-12-27(13-4-1)42-33-24-25-37-41(40(33)32-17-7-9-20-36(32)47-42)34-18-11-19-35(43(34)51-37)46-49-44(28-14-5-2-6-15-28)48-45(50-46)29-22-23-31-30-16-8-10-21-38(30)52-39(31)26-29/h1-26H. The molecule has 11 aromatic rings. The predicted molar refractivity (Wildman–Crippen MR) is 215 cm³/mol. The lowest BCUT2D eigenvalue weighted by atomic mass is 9.96. The number of nitrogens with zero attached hydrogens (tertiary/aromatic N) is 4. The molecule has 11 rings (SSSR count). The number of rotatable bonds is 4. The molecule has 0 saturated carbocycles. The zero-order chi connectivity index (χ0) is 34.2. The number of furan rings is 1. The van der Waals surface area contributed by atoms with Crippen LogP contribution in [-0.2, 0) is 0 Å². The first-order chi connectivity index (χ1) is 25.8. The van der Waals surface area contributed by atoms with Gasteiger partial charge in [-0.3, -0.25) is 0 Å². The van der Waals surface area contributed by atoms with E-state index in [4.69, 9.17) is 24.4 Å². The molecule has 0 atom stereocenters. The van der Waals surface area contributed by atoms with Crippen molar-refractivity contribution in [2.24, 2.45) is 0 Å². The minimum atomic E-state index is 0.561. The van der Waals surface area contributed by atoms with Gasteiger partial charge in [0.15, 0.2) is 17.5 Å². The number of hydrogen-bond acceptors (Lipinski definition) is 6. The molecule has 0 amide bonds. The van der Waals surface area contributed by atoms with E-state index in [0.717, 1.165) is 71.6 Å². The minimum absolute atomic E-state index is 0.561. The first-order valence-electron chi connectivity index (χ1n) is 17.2. The normalized spacial score (nSPS) is 11.8. The molecule has 7 aromatic carbocycles. The molecule has 52 heavy (non-hydrogen) atoms. The summed E-state index contributed by atoms with van der Waals surface area (Å²) in [5, 5.41) is 7.84. The Kier molecular flexibility index (Phi) is 6.35. The summed E-state index contributed by atoms with van der Waals surface area (Å²) in [5.41, 5.74) is 7.18. The summed E-state index contributed by atoms with van der Waals surface area (Å²) >= 11 is 1.79. The van der Waals surface area contributed by atoms with E-state index < -0.39 is 0 Å². The lowest BCUT2D eigenvalue weighted by Crippen LogP contribution is -2.00. The molecular formula is C46H26N4OS. The number of pyridine rings is 1. The van der Waals surface area contributed by atoms with Crippen molar-refractivity contribution in [1.82, 2.24) is 19.9 Å². The Morgan fingerprint density at radius 1 is 0.404 bits per heavy atom. The van der Waals surface area contributed by atoms with Crippen molar-refractivity contribution in [2.45, 2.75) is 0 Å². The van der Waals surface area contributed by atoms with Gasteiger partial charge >= 0.3 is 0 Å². The first kappa shape index (κ1) is 29.0. The Hall–Kier alpha value is -6.76. The van der Waals surface area contributed by atoms with Gasteiger partial charge < -0.3 is 4.42 Å². The molecule has 5 nitrogen and oxygen atoms in total. The third-order valence-corrected chi connectivity index (χ3v) is 11.1. The molecule has 242 valence electrons. The van der Waals surface area contributed by atoms with Crippen LogP contribution in [0.3, 0.4) is 0 Å². The molecule has 4 aromatic heterocycles. The van der Waals surface area contributed by atoms with Crippen LogP contribution in [0.15, 0.2) is 162 Å². The average Bonchev–Trinajstić information content (AvgIpc) is 3.79. The van der Waals surface area contributed by atoms with Crippen LogP contribution in [0.2, 0.25) is 0 Å². The van der Waals surface area contributed by atoms with Crippen LogP contribution < -0.4 is 0 Å². The molecule has 0 spiro atoms. The fourth-order valence-electron chi connectivity index (χ4n) is 7.53. The lowest BCUT2D eigenvalue weighted by molar-refractivity contribution is 0.670. The van der Waals surface area contributed by atoms with Crippen LogP contribution in [0.4, 0.5) is 0 Å². The smallest absolute Gasteiger partial charge is 0.167 e. The fourth-order valence-corrected chi connectivity index (χ4v) is 8.67. The Labute approximate surface area is 301 Å². The van der Waals surface area contributed by atoms with Crippen LogP contribution in [0.5, 0.6) is 0 Å². The number of hydrogen-bond donors (Lipinski definition) is 0. The Morgan fingerprint density at radius 2 is 1.06 bits per heavy atom. The number of para-hydroxylation sites is 2. The van der Waals surface area contributed by atoms with E-state index in [2.05, 4.69) is 109 Å². The van der Waals surface area contributed by atoms with E-state index in [1.165, 1.54) is 20.2 Å². The van der Waals surface area contributed by atoms with Crippen LogP contribution in [-0.4, -0.2) is 19.9 Å². The van der Waals surface area contributed by atoms with Gasteiger partial charge in [0.25, 0.3) is 0 Å². The van der Waals surface area contributed by atoms with Gasteiger partial charge in [0.05, 0.1) is 16.8 Å². The highest BCUT2D eigenvalue weighted by Gasteiger charge is 2.21. The predicted octanol–water partition coefficient (Wildman–Crippen LogP) is 12.5. The van der Waals surface area contributed by atoms with Crippen LogP contribution in [0, 0.1) is 0 Å². The van der Waals surface area contributed by atoms with E-state index in [9.17, 15) is 0 Å². The van der Waals surface area contributed by atoms with Gasteiger partial charge in [0.1, 0.15) is 11.2 Å². The summed E-state index contributed by atoms with van der Waals surface area (Å²) in [7, 11) is 0. The van der Waals surface area contributed by atoms with E-state index >= 15 is 0 Å². The SMILES string of the molecule is c1ccc(-c2nc(-c3ccc4c(c3)sc3ccccc34)nc(-c3cccc4c3oc3ccc5c(-c6ccccc6)nc6ccccc6c5c34)n2)cc1. The largest absolute Gasteiger partial charge is 0.455 e. The number of fused-ring (bicyclic) bond motifs is 10. The monoisotopic (exact) mass is 682 g/mol. The lowest BCUT2D eigenvalue weighted by Gasteiger charge is -2.11. The minimum Gasteiger partial charge on any atom is -0.455 e.